The van der Waals surface area contributed by atoms with Gasteiger partial charge in [0.1, 0.15) is 18.2 Å². The lowest BCUT2D eigenvalue weighted by Crippen LogP contribution is -2.02. The minimum Gasteiger partial charge on any atom is -0.477 e. The van der Waals surface area contributed by atoms with Crippen molar-refractivity contribution in [1.82, 2.24) is 9.97 Å². The molecule has 0 aromatic carbocycles. The van der Waals surface area contributed by atoms with Crippen LogP contribution in [-0.2, 0) is 0 Å². The molecule has 0 bridgehead atoms. The minimum absolute atomic E-state index is 0.406. The van der Waals surface area contributed by atoms with E-state index in [9.17, 15) is 0 Å². The second kappa shape index (κ2) is 4.31. The van der Waals surface area contributed by atoms with Crippen molar-refractivity contribution >= 4 is 5.82 Å². The molecule has 13 heavy (non-hydrogen) atoms. The average Bonchev–Trinajstić information content (AvgIpc) is 2.03. The summed E-state index contributed by atoms with van der Waals surface area (Å²) < 4.78 is 5.23. The molecular formula is C9H11N3O. The third kappa shape index (κ3) is 2.99. The third-order valence-corrected chi connectivity index (χ3v) is 1.33. The van der Waals surface area contributed by atoms with Gasteiger partial charge in [-0.05, 0) is 6.92 Å². The van der Waals surface area contributed by atoms with Gasteiger partial charge in [0, 0.05) is 12.5 Å². The maximum Gasteiger partial charge on any atom is 0.218 e. The predicted molar refractivity (Wildman–Crippen MR) is 50.1 cm³/mol. The molecule has 0 spiro atoms. The van der Waals surface area contributed by atoms with Crippen molar-refractivity contribution in [2.24, 2.45) is 0 Å². The van der Waals surface area contributed by atoms with E-state index >= 15 is 0 Å². The normalized spacial score (nSPS) is 9.23. The monoisotopic (exact) mass is 177 g/mol. The van der Waals surface area contributed by atoms with Crippen molar-refractivity contribution in [3.05, 3.63) is 11.9 Å². The van der Waals surface area contributed by atoms with Crippen molar-refractivity contribution in [2.45, 2.75) is 13.3 Å². The summed E-state index contributed by atoms with van der Waals surface area (Å²) in [6, 6.07) is 1.57. The Bertz CT molecular complexity index is 310. The number of nitrogens with zero attached hydrogens (tertiary/aromatic N) is 2. The van der Waals surface area contributed by atoms with Gasteiger partial charge >= 0.3 is 0 Å². The molecule has 4 nitrogen and oxygen atoms in total. The highest BCUT2D eigenvalue weighted by Gasteiger charge is 1.98. The standard InChI is InChI=1S/C9H11N3O/c1-3-4-5-13-9-6-8(10)11-7(2)12-9/h1,6H,4-5H2,2H3,(H2,10,11,12). The second-order valence-corrected chi connectivity index (χ2v) is 2.48. The van der Waals surface area contributed by atoms with Gasteiger partial charge in [-0.25, -0.2) is 4.98 Å². The van der Waals surface area contributed by atoms with Gasteiger partial charge < -0.3 is 10.5 Å². The first-order valence-corrected chi connectivity index (χ1v) is 3.90. The van der Waals surface area contributed by atoms with E-state index in [-0.39, 0.29) is 0 Å². The number of hydrogen-bond donors (Lipinski definition) is 1. The quantitative estimate of drug-likeness (QED) is 0.547. The zero-order chi connectivity index (χ0) is 9.68. The van der Waals surface area contributed by atoms with Crippen LogP contribution in [0.1, 0.15) is 12.2 Å². The number of terminal acetylenes is 1. The third-order valence-electron chi connectivity index (χ3n) is 1.33. The number of nitrogen functional groups attached to an aromatic ring is 1. The number of anilines is 1. The summed E-state index contributed by atoms with van der Waals surface area (Å²) in [6.45, 7) is 2.21. The van der Waals surface area contributed by atoms with Crippen LogP contribution in [0.2, 0.25) is 0 Å². The summed E-state index contributed by atoms with van der Waals surface area (Å²) in [5, 5.41) is 0. The number of aryl methyl sites for hydroxylation is 1. The molecule has 68 valence electrons. The maximum absolute atomic E-state index is 5.49. The summed E-state index contributed by atoms with van der Waals surface area (Å²) in [5.74, 6) is 3.94. The molecule has 2 N–H and O–H groups in total. The van der Waals surface area contributed by atoms with Gasteiger partial charge in [0.2, 0.25) is 5.88 Å². The molecule has 0 aliphatic rings. The molecule has 0 aliphatic carbocycles. The number of aromatic nitrogens is 2. The van der Waals surface area contributed by atoms with Gasteiger partial charge in [0.15, 0.2) is 0 Å². The van der Waals surface area contributed by atoms with Gasteiger partial charge in [0.25, 0.3) is 0 Å². The molecular weight excluding hydrogens is 166 g/mol. The molecule has 0 saturated heterocycles. The molecule has 1 aromatic rings. The summed E-state index contributed by atoms with van der Waals surface area (Å²) in [4.78, 5) is 7.93. The van der Waals surface area contributed by atoms with Gasteiger partial charge in [-0.2, -0.15) is 4.98 Å². The Morgan fingerprint density at radius 1 is 1.62 bits per heavy atom. The molecule has 0 atom stereocenters. The Morgan fingerprint density at radius 2 is 2.38 bits per heavy atom. The lowest BCUT2D eigenvalue weighted by Gasteiger charge is -2.03. The summed E-state index contributed by atoms with van der Waals surface area (Å²) in [5.41, 5.74) is 5.49. The van der Waals surface area contributed by atoms with Crippen LogP contribution in [0.25, 0.3) is 0 Å². The maximum atomic E-state index is 5.49. The van der Waals surface area contributed by atoms with Crippen LogP contribution in [0.15, 0.2) is 6.07 Å². The Morgan fingerprint density at radius 3 is 3.00 bits per heavy atom. The summed E-state index contributed by atoms with van der Waals surface area (Å²) in [6.07, 6.45) is 5.62. The Labute approximate surface area is 77.1 Å². The first kappa shape index (κ1) is 9.33. The fraction of sp³-hybridized carbons (Fsp3) is 0.333. The Kier molecular flexibility index (Phi) is 3.09. The predicted octanol–water partition coefficient (Wildman–Crippen LogP) is 0.769. The van der Waals surface area contributed by atoms with Crippen LogP contribution >= 0.6 is 0 Å². The minimum atomic E-state index is 0.406. The molecule has 0 unspecified atom stereocenters. The van der Waals surface area contributed by atoms with Crippen LogP contribution < -0.4 is 10.5 Å². The highest BCUT2D eigenvalue weighted by atomic mass is 16.5. The van der Waals surface area contributed by atoms with Gasteiger partial charge in [-0.3, -0.25) is 0 Å². The highest BCUT2D eigenvalue weighted by Crippen LogP contribution is 2.10. The second-order valence-electron chi connectivity index (χ2n) is 2.48. The molecule has 0 saturated carbocycles. The summed E-state index contributed by atoms with van der Waals surface area (Å²) in [7, 11) is 0. The zero-order valence-electron chi connectivity index (χ0n) is 7.45. The van der Waals surface area contributed by atoms with Crippen LogP contribution in [-0.4, -0.2) is 16.6 Å². The molecule has 0 aliphatic heterocycles. The highest BCUT2D eigenvalue weighted by molar-refractivity contribution is 5.32. The fourth-order valence-electron chi connectivity index (χ4n) is 0.851. The van der Waals surface area contributed by atoms with E-state index in [1.165, 1.54) is 0 Å². The molecule has 0 fully saturated rings. The van der Waals surface area contributed by atoms with Crippen molar-refractivity contribution in [2.75, 3.05) is 12.3 Å². The first-order valence-electron chi connectivity index (χ1n) is 3.90. The Hall–Kier alpha value is -1.76. The lowest BCUT2D eigenvalue weighted by atomic mass is 10.5. The molecule has 0 amide bonds. The fourth-order valence-corrected chi connectivity index (χ4v) is 0.851. The summed E-state index contributed by atoms with van der Waals surface area (Å²) >= 11 is 0. The molecule has 1 rings (SSSR count). The zero-order valence-corrected chi connectivity index (χ0v) is 7.45. The van der Waals surface area contributed by atoms with Crippen molar-refractivity contribution in [3.8, 4) is 18.2 Å². The number of nitrogens with two attached hydrogens (primary N) is 1. The van der Waals surface area contributed by atoms with Gasteiger partial charge in [0.05, 0.1) is 0 Å². The SMILES string of the molecule is C#CCCOc1cc(N)nc(C)n1. The van der Waals surface area contributed by atoms with E-state index in [2.05, 4.69) is 15.9 Å². The van der Waals surface area contributed by atoms with E-state index in [0.717, 1.165) is 0 Å². The van der Waals surface area contributed by atoms with Gasteiger partial charge in [-0.15, -0.1) is 12.3 Å². The van der Waals surface area contributed by atoms with Gasteiger partial charge in [-0.1, -0.05) is 0 Å². The van der Waals surface area contributed by atoms with E-state index in [1.54, 1.807) is 13.0 Å². The van der Waals surface area contributed by atoms with Crippen LogP contribution in [0.5, 0.6) is 5.88 Å². The molecule has 0 radical (unpaired) electrons. The van der Waals surface area contributed by atoms with E-state index in [4.69, 9.17) is 16.9 Å². The molecule has 1 aromatic heterocycles. The average molecular weight is 177 g/mol. The number of hydrogen-bond acceptors (Lipinski definition) is 4. The van der Waals surface area contributed by atoms with Crippen molar-refractivity contribution in [1.29, 1.82) is 0 Å². The van der Waals surface area contributed by atoms with Crippen LogP contribution in [0, 0.1) is 19.3 Å². The van der Waals surface area contributed by atoms with Crippen LogP contribution in [0.3, 0.4) is 0 Å². The number of rotatable bonds is 3. The Balaban J connectivity index is 2.62. The first-order chi connectivity index (χ1) is 6.22. The van der Waals surface area contributed by atoms with E-state index in [0.29, 0.717) is 30.5 Å². The largest absolute Gasteiger partial charge is 0.477 e. The van der Waals surface area contributed by atoms with E-state index < -0.39 is 0 Å². The van der Waals surface area contributed by atoms with Crippen molar-refractivity contribution < 1.29 is 4.74 Å². The van der Waals surface area contributed by atoms with E-state index in [1.807, 2.05) is 0 Å². The van der Waals surface area contributed by atoms with Crippen molar-refractivity contribution in [3.63, 3.8) is 0 Å². The topological polar surface area (TPSA) is 61.0 Å². The molecule has 1 heterocycles. The smallest absolute Gasteiger partial charge is 0.218 e. The molecule has 4 heteroatoms. The number of ether oxygens (including phenoxy) is 1. The lowest BCUT2D eigenvalue weighted by molar-refractivity contribution is 0.313. The van der Waals surface area contributed by atoms with Crippen LogP contribution in [0.4, 0.5) is 5.82 Å².